The van der Waals surface area contributed by atoms with Crippen LogP contribution in [-0.2, 0) is 0 Å². The van der Waals surface area contributed by atoms with Crippen molar-refractivity contribution < 1.29 is 14.0 Å². The maximum atomic E-state index is 12.1. The molecule has 2 N–H and O–H groups in total. The van der Waals surface area contributed by atoms with Gasteiger partial charge >= 0.3 is 12.1 Å². The number of fused-ring (bicyclic) bond motifs is 1. The second kappa shape index (κ2) is 6.29. The number of rotatable bonds is 4. The maximum Gasteiger partial charge on any atom is 0.325 e. The molecule has 0 radical (unpaired) electrons. The van der Waals surface area contributed by atoms with Gasteiger partial charge in [0.2, 0.25) is 0 Å². The summed E-state index contributed by atoms with van der Waals surface area (Å²) in [6.07, 6.45) is 0. The number of likely N-dealkylation sites (N-methyl/N-ethyl adjacent to an activating group) is 1. The molecule has 2 aromatic rings. The molecule has 7 heteroatoms. The van der Waals surface area contributed by atoms with Gasteiger partial charge in [0.1, 0.15) is 11.3 Å². The second-order valence-electron chi connectivity index (χ2n) is 5.74. The summed E-state index contributed by atoms with van der Waals surface area (Å²) in [6.45, 7) is 1.24. The quantitative estimate of drug-likeness (QED) is 0.901. The number of hydrogen-bond donors (Lipinski definition) is 2. The standard InChI is InChI=1S/C16H20N4O3/c1-19(2)12(10-18-16(22)20-8-7-17-15(20)21)14-9-11-5-3-4-6-13(11)23-14/h3-6,9,12H,7-8,10H2,1-2H3,(H,17,21)(H,18,22). The van der Waals surface area contributed by atoms with E-state index >= 15 is 0 Å². The van der Waals surface area contributed by atoms with Crippen LogP contribution in [0.3, 0.4) is 0 Å². The number of nitrogens with zero attached hydrogens (tertiary/aromatic N) is 2. The summed E-state index contributed by atoms with van der Waals surface area (Å²) in [5, 5.41) is 6.44. The molecule has 1 aromatic carbocycles. The van der Waals surface area contributed by atoms with Crippen LogP contribution in [0.15, 0.2) is 34.7 Å². The Morgan fingerprint density at radius 3 is 2.87 bits per heavy atom. The molecule has 0 saturated carbocycles. The van der Waals surface area contributed by atoms with Gasteiger partial charge in [0, 0.05) is 25.0 Å². The van der Waals surface area contributed by atoms with E-state index in [1.165, 1.54) is 4.90 Å². The Hall–Kier alpha value is -2.54. The van der Waals surface area contributed by atoms with Gasteiger partial charge in [0.15, 0.2) is 0 Å². The molecule has 4 amide bonds. The Bertz CT molecular complexity index is 692. The van der Waals surface area contributed by atoms with Gasteiger partial charge in [-0.1, -0.05) is 18.2 Å². The van der Waals surface area contributed by atoms with Crippen molar-refractivity contribution in [3.05, 3.63) is 36.1 Å². The molecule has 1 aromatic heterocycles. The summed E-state index contributed by atoms with van der Waals surface area (Å²) in [5.74, 6) is 0.780. The lowest BCUT2D eigenvalue weighted by Crippen LogP contribution is -2.44. The van der Waals surface area contributed by atoms with E-state index in [-0.39, 0.29) is 18.1 Å². The normalized spacial score (nSPS) is 16.0. The van der Waals surface area contributed by atoms with E-state index in [1.54, 1.807) is 0 Å². The van der Waals surface area contributed by atoms with Crippen molar-refractivity contribution in [1.29, 1.82) is 0 Å². The van der Waals surface area contributed by atoms with Crippen LogP contribution in [-0.4, -0.2) is 55.6 Å². The SMILES string of the molecule is CN(C)C(CNC(=O)N1CCNC1=O)c1cc2ccccc2o1. The highest BCUT2D eigenvalue weighted by Crippen LogP contribution is 2.26. The highest BCUT2D eigenvalue weighted by molar-refractivity contribution is 5.94. The van der Waals surface area contributed by atoms with Crippen molar-refractivity contribution in [2.45, 2.75) is 6.04 Å². The molecule has 1 saturated heterocycles. The summed E-state index contributed by atoms with van der Waals surface area (Å²) >= 11 is 0. The Labute approximate surface area is 134 Å². The molecule has 1 unspecified atom stereocenters. The summed E-state index contributed by atoms with van der Waals surface area (Å²) in [4.78, 5) is 26.7. The first-order chi connectivity index (χ1) is 11.1. The zero-order valence-electron chi connectivity index (χ0n) is 13.2. The zero-order chi connectivity index (χ0) is 16.4. The highest BCUT2D eigenvalue weighted by Gasteiger charge is 2.27. The smallest absolute Gasteiger partial charge is 0.325 e. The number of carbonyl (C=O) groups is 2. The lowest BCUT2D eigenvalue weighted by atomic mass is 10.2. The van der Waals surface area contributed by atoms with Crippen molar-refractivity contribution in [2.24, 2.45) is 0 Å². The molecule has 0 spiro atoms. The van der Waals surface area contributed by atoms with Crippen LogP contribution >= 0.6 is 0 Å². The van der Waals surface area contributed by atoms with Crippen LogP contribution in [0.4, 0.5) is 9.59 Å². The summed E-state index contributed by atoms with van der Waals surface area (Å²) in [5.41, 5.74) is 0.819. The molecule has 7 nitrogen and oxygen atoms in total. The van der Waals surface area contributed by atoms with Gasteiger partial charge in [-0.3, -0.25) is 4.90 Å². The van der Waals surface area contributed by atoms with Gasteiger partial charge in [-0.2, -0.15) is 0 Å². The number of amides is 4. The number of para-hydroxylation sites is 1. The molecule has 23 heavy (non-hydrogen) atoms. The van der Waals surface area contributed by atoms with Crippen molar-refractivity contribution >= 4 is 23.0 Å². The van der Waals surface area contributed by atoms with Crippen LogP contribution in [0.5, 0.6) is 0 Å². The maximum absolute atomic E-state index is 12.1. The first-order valence-electron chi connectivity index (χ1n) is 7.54. The van der Waals surface area contributed by atoms with E-state index in [1.807, 2.05) is 49.3 Å². The molecule has 1 atom stereocenters. The number of nitrogens with one attached hydrogen (secondary N) is 2. The van der Waals surface area contributed by atoms with Crippen LogP contribution < -0.4 is 10.6 Å². The molecule has 0 bridgehead atoms. The Balaban J connectivity index is 1.71. The van der Waals surface area contributed by atoms with Crippen LogP contribution in [0.1, 0.15) is 11.8 Å². The Morgan fingerprint density at radius 2 is 2.22 bits per heavy atom. The van der Waals surface area contributed by atoms with Crippen molar-refractivity contribution in [3.8, 4) is 0 Å². The minimum Gasteiger partial charge on any atom is -0.459 e. The summed E-state index contributed by atoms with van der Waals surface area (Å²) in [7, 11) is 3.85. The van der Waals surface area contributed by atoms with Gasteiger partial charge < -0.3 is 15.1 Å². The number of imide groups is 1. The third kappa shape index (κ3) is 3.14. The van der Waals surface area contributed by atoms with E-state index in [4.69, 9.17) is 4.42 Å². The number of furan rings is 1. The van der Waals surface area contributed by atoms with Crippen molar-refractivity contribution in [2.75, 3.05) is 33.7 Å². The molecule has 1 fully saturated rings. The molecule has 3 rings (SSSR count). The van der Waals surface area contributed by atoms with Gasteiger partial charge in [-0.15, -0.1) is 0 Å². The van der Waals surface area contributed by atoms with E-state index in [0.717, 1.165) is 16.7 Å². The zero-order valence-corrected chi connectivity index (χ0v) is 13.2. The van der Waals surface area contributed by atoms with Crippen LogP contribution in [0.25, 0.3) is 11.0 Å². The summed E-state index contributed by atoms with van der Waals surface area (Å²) in [6, 6.07) is 8.91. The predicted molar refractivity (Wildman–Crippen MR) is 86.1 cm³/mol. The number of urea groups is 2. The first kappa shape index (κ1) is 15.4. The Kier molecular flexibility index (Phi) is 4.20. The monoisotopic (exact) mass is 316 g/mol. The van der Waals surface area contributed by atoms with E-state index < -0.39 is 0 Å². The highest BCUT2D eigenvalue weighted by atomic mass is 16.3. The van der Waals surface area contributed by atoms with E-state index in [2.05, 4.69) is 10.6 Å². The number of carbonyl (C=O) groups excluding carboxylic acids is 2. The van der Waals surface area contributed by atoms with Crippen molar-refractivity contribution in [3.63, 3.8) is 0 Å². The van der Waals surface area contributed by atoms with Gasteiger partial charge in [-0.05, 0) is 26.2 Å². The fourth-order valence-corrected chi connectivity index (χ4v) is 2.65. The molecule has 122 valence electrons. The van der Waals surface area contributed by atoms with Gasteiger partial charge in [0.25, 0.3) is 0 Å². The van der Waals surface area contributed by atoms with E-state index in [9.17, 15) is 9.59 Å². The van der Waals surface area contributed by atoms with Crippen molar-refractivity contribution in [1.82, 2.24) is 20.4 Å². The fourth-order valence-electron chi connectivity index (χ4n) is 2.65. The third-order valence-corrected chi connectivity index (χ3v) is 3.94. The average Bonchev–Trinajstić information content (AvgIpc) is 3.12. The third-order valence-electron chi connectivity index (χ3n) is 3.94. The molecule has 1 aliphatic heterocycles. The second-order valence-corrected chi connectivity index (χ2v) is 5.74. The Morgan fingerprint density at radius 1 is 1.43 bits per heavy atom. The summed E-state index contributed by atoms with van der Waals surface area (Å²) < 4.78 is 5.88. The predicted octanol–water partition coefficient (Wildman–Crippen LogP) is 1.77. The number of benzene rings is 1. The largest absolute Gasteiger partial charge is 0.459 e. The lowest BCUT2D eigenvalue weighted by Gasteiger charge is -2.23. The molecular formula is C16H20N4O3. The van der Waals surface area contributed by atoms with Gasteiger partial charge in [0.05, 0.1) is 6.04 Å². The average molecular weight is 316 g/mol. The minimum absolute atomic E-state index is 0.114. The molecule has 1 aliphatic rings. The fraction of sp³-hybridized carbons (Fsp3) is 0.375. The first-order valence-corrected chi connectivity index (χ1v) is 7.54. The van der Waals surface area contributed by atoms with Crippen LogP contribution in [0.2, 0.25) is 0 Å². The minimum atomic E-state index is -0.386. The molecular weight excluding hydrogens is 296 g/mol. The number of hydrogen-bond acceptors (Lipinski definition) is 4. The van der Waals surface area contributed by atoms with Gasteiger partial charge in [-0.25, -0.2) is 14.5 Å². The topological polar surface area (TPSA) is 77.8 Å². The lowest BCUT2D eigenvalue weighted by molar-refractivity contribution is 0.193. The van der Waals surface area contributed by atoms with E-state index in [0.29, 0.717) is 19.6 Å². The molecule has 0 aliphatic carbocycles. The van der Waals surface area contributed by atoms with Crippen LogP contribution in [0, 0.1) is 0 Å². The molecule has 2 heterocycles.